The average molecular weight is 835 g/mol. The maximum absolute atomic E-state index is 12.7. The van der Waals surface area contributed by atoms with Gasteiger partial charge in [-0.1, -0.05) is 189 Å². The van der Waals surface area contributed by atoms with Gasteiger partial charge >= 0.3 is 17.9 Å². The molecule has 0 fully saturated rings. The molecule has 1 unspecified atom stereocenters. The lowest BCUT2D eigenvalue weighted by Gasteiger charge is -2.18. The Morgan fingerprint density at radius 1 is 0.350 bits per heavy atom. The zero-order valence-corrected chi connectivity index (χ0v) is 38.9. The van der Waals surface area contributed by atoms with Crippen molar-refractivity contribution in [1.29, 1.82) is 0 Å². The fraction of sp³-hybridized carbons (Fsp3) is 0.685. The molecule has 60 heavy (non-hydrogen) atoms. The van der Waals surface area contributed by atoms with Gasteiger partial charge in [0.15, 0.2) is 6.10 Å². The Morgan fingerprint density at radius 2 is 0.650 bits per heavy atom. The maximum atomic E-state index is 12.7. The van der Waals surface area contributed by atoms with Crippen molar-refractivity contribution < 1.29 is 28.6 Å². The van der Waals surface area contributed by atoms with Crippen molar-refractivity contribution in [3.63, 3.8) is 0 Å². The fourth-order valence-electron chi connectivity index (χ4n) is 6.44. The summed E-state index contributed by atoms with van der Waals surface area (Å²) in [5.74, 6) is -0.955. The Labute approximate surface area is 369 Å². The molecule has 0 aromatic heterocycles. The van der Waals surface area contributed by atoms with Crippen molar-refractivity contribution >= 4 is 17.9 Å². The van der Waals surface area contributed by atoms with Crippen LogP contribution in [0, 0.1) is 0 Å². The minimum absolute atomic E-state index is 0.0933. The number of esters is 3. The minimum Gasteiger partial charge on any atom is -0.462 e. The smallest absolute Gasteiger partial charge is 0.306 e. The lowest BCUT2D eigenvalue weighted by molar-refractivity contribution is -0.167. The van der Waals surface area contributed by atoms with Crippen LogP contribution in [0.4, 0.5) is 0 Å². The molecule has 1 atom stereocenters. The van der Waals surface area contributed by atoms with E-state index >= 15 is 0 Å². The monoisotopic (exact) mass is 835 g/mol. The quantitative estimate of drug-likeness (QED) is 0.0263. The number of hydrogen-bond acceptors (Lipinski definition) is 6. The fourth-order valence-corrected chi connectivity index (χ4v) is 6.44. The highest BCUT2D eigenvalue weighted by Crippen LogP contribution is 2.13. The lowest BCUT2D eigenvalue weighted by Crippen LogP contribution is -2.30. The first kappa shape index (κ1) is 56.6. The number of ether oxygens (including phenoxy) is 3. The van der Waals surface area contributed by atoms with E-state index in [1.54, 1.807) is 0 Å². The highest BCUT2D eigenvalue weighted by Gasteiger charge is 2.19. The van der Waals surface area contributed by atoms with Gasteiger partial charge in [0.1, 0.15) is 13.2 Å². The zero-order valence-electron chi connectivity index (χ0n) is 38.9. The van der Waals surface area contributed by atoms with Gasteiger partial charge in [-0.3, -0.25) is 14.4 Å². The summed E-state index contributed by atoms with van der Waals surface area (Å²) in [4.78, 5) is 37.8. The van der Waals surface area contributed by atoms with Crippen LogP contribution in [0.3, 0.4) is 0 Å². The summed E-state index contributed by atoms with van der Waals surface area (Å²) in [5.41, 5.74) is 0. The molecule has 0 aliphatic rings. The van der Waals surface area contributed by atoms with E-state index in [2.05, 4.69) is 106 Å². The summed E-state index contributed by atoms with van der Waals surface area (Å²) in [6.45, 7) is 6.42. The van der Waals surface area contributed by atoms with Gasteiger partial charge in [-0.2, -0.15) is 0 Å². The third kappa shape index (κ3) is 45.7. The summed E-state index contributed by atoms with van der Waals surface area (Å²) in [5, 5.41) is 0. The standard InChI is InChI=1S/C54H90O6/c1-4-7-10-13-16-19-21-23-24-25-26-27-28-29-30-31-33-35-38-41-44-47-53(56)59-50-51(49-58-52(55)46-43-40-37-34-18-15-12-9-6-3)60-54(57)48-45-42-39-36-32-22-20-17-14-11-8-5-2/h7,10,16-17,19-20,23-24,26-27,29-30,33,35,51H,4-6,8-9,11-15,18,21-22,25,28,31-32,34,36-50H2,1-3H3/b10-7-,19-16-,20-17-,24-23-,27-26-,30-29-,35-33-. The molecule has 6 heteroatoms. The van der Waals surface area contributed by atoms with E-state index in [9.17, 15) is 14.4 Å². The summed E-state index contributed by atoms with van der Waals surface area (Å²) in [6, 6.07) is 0. The number of carbonyl (C=O) groups is 3. The van der Waals surface area contributed by atoms with Crippen LogP contribution in [0.25, 0.3) is 0 Å². The van der Waals surface area contributed by atoms with Crippen LogP contribution in [0.1, 0.15) is 220 Å². The molecule has 0 radical (unpaired) electrons. The average Bonchev–Trinajstić information content (AvgIpc) is 3.24. The zero-order chi connectivity index (χ0) is 43.7. The van der Waals surface area contributed by atoms with Crippen molar-refractivity contribution in [2.75, 3.05) is 13.2 Å². The van der Waals surface area contributed by atoms with Crippen molar-refractivity contribution in [3.05, 3.63) is 85.1 Å². The van der Waals surface area contributed by atoms with E-state index in [0.717, 1.165) is 109 Å². The van der Waals surface area contributed by atoms with Gasteiger partial charge < -0.3 is 14.2 Å². The third-order valence-corrected chi connectivity index (χ3v) is 10.1. The summed E-state index contributed by atoms with van der Waals surface area (Å²) in [6.07, 6.45) is 61.4. The highest BCUT2D eigenvalue weighted by atomic mass is 16.6. The Morgan fingerprint density at radius 3 is 1.10 bits per heavy atom. The van der Waals surface area contributed by atoms with E-state index in [4.69, 9.17) is 14.2 Å². The Kier molecular flexibility index (Phi) is 45.5. The molecule has 0 aliphatic carbocycles. The second-order valence-corrected chi connectivity index (χ2v) is 16.0. The van der Waals surface area contributed by atoms with Crippen LogP contribution >= 0.6 is 0 Å². The van der Waals surface area contributed by atoms with E-state index in [0.29, 0.717) is 19.3 Å². The van der Waals surface area contributed by atoms with Crippen LogP contribution in [0.5, 0.6) is 0 Å². The van der Waals surface area contributed by atoms with Gasteiger partial charge in [0.2, 0.25) is 0 Å². The van der Waals surface area contributed by atoms with Crippen LogP contribution in [0.2, 0.25) is 0 Å². The third-order valence-electron chi connectivity index (χ3n) is 10.1. The number of hydrogen-bond donors (Lipinski definition) is 0. The summed E-state index contributed by atoms with van der Waals surface area (Å²) in [7, 11) is 0. The Bertz CT molecular complexity index is 1190. The van der Waals surface area contributed by atoms with Crippen LogP contribution < -0.4 is 0 Å². The predicted octanol–water partition coefficient (Wildman–Crippen LogP) is 16.0. The van der Waals surface area contributed by atoms with Gasteiger partial charge in [0.25, 0.3) is 0 Å². The molecule has 0 spiro atoms. The van der Waals surface area contributed by atoms with Crippen LogP contribution in [-0.4, -0.2) is 37.2 Å². The van der Waals surface area contributed by atoms with Crippen LogP contribution in [0.15, 0.2) is 85.1 Å². The second-order valence-electron chi connectivity index (χ2n) is 16.0. The largest absolute Gasteiger partial charge is 0.462 e. The first-order valence-electron chi connectivity index (χ1n) is 24.6. The molecule has 0 aliphatic heterocycles. The van der Waals surface area contributed by atoms with Gasteiger partial charge in [0, 0.05) is 19.3 Å². The minimum atomic E-state index is -0.795. The lowest BCUT2D eigenvalue weighted by atomic mass is 10.1. The molecule has 6 nitrogen and oxygen atoms in total. The molecule has 0 amide bonds. The molecule has 0 aromatic rings. The maximum Gasteiger partial charge on any atom is 0.306 e. The van der Waals surface area contributed by atoms with Gasteiger partial charge in [-0.05, 0) is 96.3 Å². The van der Waals surface area contributed by atoms with E-state index in [1.165, 1.54) is 70.6 Å². The molecule has 0 saturated carbocycles. The molecule has 0 bridgehead atoms. The molecule has 342 valence electrons. The SMILES string of the molecule is CC/C=C\C/C=C\C/C=C\C/C=C\C/C=C\C/C=C\CCCCC(=O)OCC(COC(=O)CCCCCCCCCCC)OC(=O)CCCCCCC/C=C\CCCCC. The van der Waals surface area contributed by atoms with Gasteiger partial charge in [0.05, 0.1) is 0 Å². The van der Waals surface area contributed by atoms with E-state index in [-0.39, 0.29) is 31.1 Å². The number of unbranched alkanes of at least 4 members (excludes halogenated alkanes) is 18. The molecule has 0 heterocycles. The van der Waals surface area contributed by atoms with E-state index in [1.807, 2.05) is 0 Å². The van der Waals surface area contributed by atoms with Crippen molar-refractivity contribution in [1.82, 2.24) is 0 Å². The highest BCUT2D eigenvalue weighted by molar-refractivity contribution is 5.71. The molecule has 0 rings (SSSR count). The predicted molar refractivity (Wildman–Crippen MR) is 256 cm³/mol. The molecule has 0 aromatic carbocycles. The van der Waals surface area contributed by atoms with E-state index < -0.39 is 6.10 Å². The first-order chi connectivity index (χ1) is 29.5. The van der Waals surface area contributed by atoms with Crippen molar-refractivity contribution in [3.8, 4) is 0 Å². The van der Waals surface area contributed by atoms with Gasteiger partial charge in [-0.15, -0.1) is 0 Å². The number of carbonyl (C=O) groups excluding carboxylic acids is 3. The first-order valence-corrected chi connectivity index (χ1v) is 24.6. The van der Waals surface area contributed by atoms with Crippen molar-refractivity contribution in [2.24, 2.45) is 0 Å². The van der Waals surface area contributed by atoms with Crippen molar-refractivity contribution in [2.45, 2.75) is 226 Å². The topological polar surface area (TPSA) is 78.9 Å². The molecule has 0 N–H and O–H groups in total. The molecular formula is C54H90O6. The second kappa shape index (κ2) is 48.3. The van der Waals surface area contributed by atoms with Crippen LogP contribution in [-0.2, 0) is 28.6 Å². The normalized spacial score (nSPS) is 12.8. The number of rotatable bonds is 43. The summed E-state index contributed by atoms with van der Waals surface area (Å²) >= 11 is 0. The Hall–Kier alpha value is -3.41. The summed E-state index contributed by atoms with van der Waals surface area (Å²) < 4.78 is 16.7. The molecular weight excluding hydrogens is 745 g/mol. The molecule has 0 saturated heterocycles. The Balaban J connectivity index is 4.41. The van der Waals surface area contributed by atoms with Gasteiger partial charge in [-0.25, -0.2) is 0 Å². The number of allylic oxidation sites excluding steroid dienone is 14.